The van der Waals surface area contributed by atoms with E-state index in [-0.39, 0.29) is 24.7 Å². The topological polar surface area (TPSA) is 61.9 Å². The molecule has 1 aliphatic rings. The quantitative estimate of drug-likeness (QED) is 0.535. The van der Waals surface area contributed by atoms with Crippen LogP contribution in [0, 0.1) is 11.6 Å². The molecule has 0 radical (unpaired) electrons. The molecular formula is C25H23F2N3O3. The number of hydrogen-bond donors (Lipinski definition) is 1. The second kappa shape index (κ2) is 10.1. The van der Waals surface area contributed by atoms with Crippen LogP contribution < -0.4 is 10.2 Å². The summed E-state index contributed by atoms with van der Waals surface area (Å²) in [7, 11) is 0. The number of benzene rings is 3. The van der Waals surface area contributed by atoms with E-state index < -0.39 is 17.7 Å². The molecule has 4 rings (SSSR count). The highest BCUT2D eigenvalue weighted by atomic mass is 19.1. The van der Waals surface area contributed by atoms with Crippen LogP contribution in [0.15, 0.2) is 72.8 Å². The van der Waals surface area contributed by atoms with Gasteiger partial charge in [-0.2, -0.15) is 0 Å². The Morgan fingerprint density at radius 3 is 2.45 bits per heavy atom. The monoisotopic (exact) mass is 451 g/mol. The highest BCUT2D eigenvalue weighted by molar-refractivity contribution is 5.93. The van der Waals surface area contributed by atoms with Crippen molar-refractivity contribution in [1.29, 1.82) is 0 Å². The van der Waals surface area contributed by atoms with Crippen molar-refractivity contribution in [3.05, 3.63) is 95.6 Å². The van der Waals surface area contributed by atoms with E-state index in [1.165, 1.54) is 17.0 Å². The number of carbonyl (C=O) groups is 2. The summed E-state index contributed by atoms with van der Waals surface area (Å²) in [6.45, 7) is 1.23. The molecule has 0 saturated carbocycles. The van der Waals surface area contributed by atoms with E-state index in [2.05, 4.69) is 5.32 Å². The molecule has 1 heterocycles. The number of nitrogens with one attached hydrogen (secondary N) is 1. The van der Waals surface area contributed by atoms with Gasteiger partial charge in [0.2, 0.25) is 0 Å². The summed E-state index contributed by atoms with van der Waals surface area (Å²) < 4.78 is 32.4. The Hall–Kier alpha value is -3.94. The SMILES string of the molecule is O=C(Nc1ccc(N2CCCN(Cc3ccc(F)cc3F)C2=O)cc1)OCc1ccccc1. The molecule has 0 spiro atoms. The third-order valence-electron chi connectivity index (χ3n) is 5.33. The fourth-order valence-corrected chi connectivity index (χ4v) is 3.63. The first-order chi connectivity index (χ1) is 16.0. The number of carbonyl (C=O) groups excluding carboxylic acids is 2. The van der Waals surface area contributed by atoms with Crippen molar-refractivity contribution in [1.82, 2.24) is 4.90 Å². The van der Waals surface area contributed by atoms with Crippen LogP contribution in [-0.2, 0) is 17.9 Å². The first-order valence-corrected chi connectivity index (χ1v) is 10.6. The maximum atomic E-state index is 14.0. The molecule has 1 aliphatic heterocycles. The van der Waals surface area contributed by atoms with Crippen molar-refractivity contribution in [3.63, 3.8) is 0 Å². The Kier molecular flexibility index (Phi) is 6.83. The Morgan fingerprint density at radius 2 is 1.73 bits per heavy atom. The maximum Gasteiger partial charge on any atom is 0.411 e. The molecule has 170 valence electrons. The molecular weight excluding hydrogens is 428 g/mol. The number of anilines is 2. The summed E-state index contributed by atoms with van der Waals surface area (Å²) in [4.78, 5) is 28.1. The van der Waals surface area contributed by atoms with E-state index >= 15 is 0 Å². The highest BCUT2D eigenvalue weighted by Crippen LogP contribution is 2.24. The Balaban J connectivity index is 1.35. The van der Waals surface area contributed by atoms with Gasteiger partial charge in [0.25, 0.3) is 0 Å². The molecule has 0 atom stereocenters. The average molecular weight is 451 g/mol. The molecule has 6 nitrogen and oxygen atoms in total. The maximum absolute atomic E-state index is 14.0. The predicted octanol–water partition coefficient (Wildman–Crippen LogP) is 5.55. The van der Waals surface area contributed by atoms with Crippen LogP contribution in [0.4, 0.5) is 29.7 Å². The van der Waals surface area contributed by atoms with Crippen LogP contribution in [0.1, 0.15) is 17.5 Å². The third-order valence-corrected chi connectivity index (χ3v) is 5.33. The van der Waals surface area contributed by atoms with Gasteiger partial charge in [0.05, 0.1) is 6.54 Å². The van der Waals surface area contributed by atoms with Crippen LogP contribution >= 0.6 is 0 Å². The predicted molar refractivity (Wildman–Crippen MR) is 121 cm³/mol. The largest absolute Gasteiger partial charge is 0.444 e. The van der Waals surface area contributed by atoms with Gasteiger partial charge in [-0.15, -0.1) is 0 Å². The van der Waals surface area contributed by atoms with Crippen LogP contribution in [-0.4, -0.2) is 30.1 Å². The van der Waals surface area contributed by atoms with Gasteiger partial charge in [-0.05, 0) is 42.3 Å². The zero-order chi connectivity index (χ0) is 23.2. The Morgan fingerprint density at radius 1 is 0.970 bits per heavy atom. The van der Waals surface area contributed by atoms with Crippen molar-refractivity contribution in [2.24, 2.45) is 0 Å². The molecule has 8 heteroatoms. The van der Waals surface area contributed by atoms with Gasteiger partial charge >= 0.3 is 12.1 Å². The average Bonchev–Trinajstić information content (AvgIpc) is 2.82. The number of hydrogen-bond acceptors (Lipinski definition) is 3. The van der Waals surface area contributed by atoms with Crippen LogP contribution in [0.2, 0.25) is 0 Å². The van der Waals surface area contributed by atoms with Crippen molar-refractivity contribution in [2.45, 2.75) is 19.6 Å². The second-order valence-electron chi connectivity index (χ2n) is 7.68. The van der Waals surface area contributed by atoms with Gasteiger partial charge in [-0.1, -0.05) is 36.4 Å². The normalized spacial score (nSPS) is 13.7. The summed E-state index contributed by atoms with van der Waals surface area (Å²) in [5.74, 6) is -1.32. The highest BCUT2D eigenvalue weighted by Gasteiger charge is 2.27. The zero-order valence-electron chi connectivity index (χ0n) is 17.8. The Labute approximate surface area is 190 Å². The minimum atomic E-state index is -0.672. The Bertz CT molecular complexity index is 1120. The number of rotatable bonds is 6. The van der Waals surface area contributed by atoms with Gasteiger partial charge in [0.1, 0.15) is 18.2 Å². The molecule has 3 aromatic rings. The van der Waals surface area contributed by atoms with Gasteiger partial charge in [-0.25, -0.2) is 18.4 Å². The molecule has 0 aliphatic carbocycles. The molecule has 3 aromatic carbocycles. The molecule has 1 saturated heterocycles. The summed E-state index contributed by atoms with van der Waals surface area (Å²) in [5.41, 5.74) is 2.34. The summed E-state index contributed by atoms with van der Waals surface area (Å²) in [6, 6.07) is 19.3. The van der Waals surface area contributed by atoms with Crippen molar-refractivity contribution in [3.8, 4) is 0 Å². The first-order valence-electron chi connectivity index (χ1n) is 10.6. The first kappa shape index (κ1) is 22.3. The molecule has 0 bridgehead atoms. The summed E-state index contributed by atoms with van der Waals surface area (Å²) >= 11 is 0. The van der Waals surface area contributed by atoms with E-state index in [4.69, 9.17) is 4.74 Å². The van der Waals surface area contributed by atoms with Crippen LogP contribution in [0.5, 0.6) is 0 Å². The van der Waals surface area contributed by atoms with E-state index in [9.17, 15) is 18.4 Å². The van der Waals surface area contributed by atoms with Crippen LogP contribution in [0.3, 0.4) is 0 Å². The van der Waals surface area contributed by atoms with Gasteiger partial charge in [-0.3, -0.25) is 10.2 Å². The molecule has 0 aromatic heterocycles. The van der Waals surface area contributed by atoms with Crippen LogP contribution in [0.25, 0.3) is 0 Å². The minimum absolute atomic E-state index is 0.0638. The van der Waals surface area contributed by atoms with Crippen molar-refractivity contribution in [2.75, 3.05) is 23.3 Å². The smallest absolute Gasteiger partial charge is 0.411 e. The van der Waals surface area contributed by atoms with Gasteiger partial charge in [0.15, 0.2) is 0 Å². The standard InChI is InChI=1S/C25H23F2N3O3/c26-20-8-7-19(23(27)15-20)16-29-13-4-14-30(25(29)32)22-11-9-21(10-12-22)28-24(31)33-17-18-5-2-1-3-6-18/h1-3,5-12,15H,4,13-14,16-17H2,(H,28,31). The summed E-state index contributed by atoms with van der Waals surface area (Å²) in [6.07, 6.45) is 0.133. The lowest BCUT2D eigenvalue weighted by atomic mass is 10.1. The number of ether oxygens (including phenoxy) is 1. The van der Waals surface area contributed by atoms with E-state index in [1.54, 1.807) is 29.2 Å². The van der Waals surface area contributed by atoms with E-state index in [1.807, 2.05) is 30.3 Å². The van der Waals surface area contributed by atoms with Gasteiger partial charge < -0.3 is 9.64 Å². The van der Waals surface area contributed by atoms with Gasteiger partial charge in [0, 0.05) is 36.1 Å². The lowest BCUT2D eigenvalue weighted by Gasteiger charge is -2.35. The van der Waals surface area contributed by atoms with Crippen molar-refractivity contribution < 1.29 is 23.1 Å². The molecule has 33 heavy (non-hydrogen) atoms. The summed E-state index contributed by atoms with van der Waals surface area (Å²) in [5, 5.41) is 2.66. The van der Waals surface area contributed by atoms with Crippen molar-refractivity contribution >= 4 is 23.5 Å². The minimum Gasteiger partial charge on any atom is -0.444 e. The number of nitrogens with zero attached hydrogens (tertiary/aromatic N) is 2. The number of urea groups is 1. The molecule has 0 unspecified atom stereocenters. The molecule has 1 N–H and O–H groups in total. The number of amides is 3. The lowest BCUT2D eigenvalue weighted by molar-refractivity contribution is 0.155. The molecule has 3 amide bonds. The fourth-order valence-electron chi connectivity index (χ4n) is 3.63. The fraction of sp³-hybridized carbons (Fsp3) is 0.200. The second-order valence-corrected chi connectivity index (χ2v) is 7.68. The third kappa shape index (κ3) is 5.65. The lowest BCUT2D eigenvalue weighted by Crippen LogP contribution is -2.49. The van der Waals surface area contributed by atoms with E-state index in [0.29, 0.717) is 30.9 Å². The zero-order valence-corrected chi connectivity index (χ0v) is 17.8. The number of halogens is 2. The van der Waals surface area contributed by atoms with E-state index in [0.717, 1.165) is 11.6 Å². The molecule has 1 fully saturated rings.